The third kappa shape index (κ3) is 19.7. The van der Waals surface area contributed by atoms with E-state index in [1.54, 1.807) is 69.3 Å². The average molecular weight is 1150 g/mol. The van der Waals surface area contributed by atoms with E-state index in [4.69, 9.17) is 25.9 Å². The van der Waals surface area contributed by atoms with Crippen LogP contribution in [-0.4, -0.2) is 83.3 Å². The topological polar surface area (TPSA) is 219 Å². The van der Waals surface area contributed by atoms with Crippen molar-refractivity contribution >= 4 is 45.9 Å². The minimum absolute atomic E-state index is 0.160. The molecular weight excluding hydrogens is 1090 g/mol. The number of hydrogen-bond acceptors (Lipinski definition) is 11. The van der Waals surface area contributed by atoms with Gasteiger partial charge < -0.3 is 30.2 Å². The van der Waals surface area contributed by atoms with Crippen LogP contribution in [0.15, 0.2) is 121 Å². The van der Waals surface area contributed by atoms with Gasteiger partial charge >= 0.3 is 30.0 Å². The summed E-state index contributed by atoms with van der Waals surface area (Å²) in [5.74, 6) is -4.03. The Kier molecular flexibility index (Phi) is 23.1. The summed E-state index contributed by atoms with van der Waals surface area (Å²) in [6, 6.07) is 32.8. The molecule has 0 aliphatic heterocycles. The molecule has 14 nitrogen and oxygen atoms in total. The largest absolute Gasteiger partial charge is 0.481 e. The highest BCUT2D eigenvalue weighted by Gasteiger charge is 2.54. The highest BCUT2D eigenvalue weighted by atomic mass is 79.9. The fraction of sp³-hybridized carbons (Fsp3) is 0.379. The SMILES string of the molecule is CC(C)(C)OC(=O)N(CC(=O)O)C1(c2cccc(F)c2)CC1.COC(=O)CBr.COC(=O)CNC1(c2cccc(F)c2)CC1.N#CCc1cccc(F)c1.NC1(c2cccc(F)c2)CC1.O=C(O)C1(c2cccc(F)c2)CC1. The smallest absolute Gasteiger partial charge is 0.411 e. The van der Waals surface area contributed by atoms with Gasteiger partial charge in [-0.15, -0.1) is 0 Å². The number of amides is 1. The number of carbonyl (C=O) groups excluding carboxylic acids is 3. The van der Waals surface area contributed by atoms with E-state index >= 15 is 0 Å². The Labute approximate surface area is 458 Å². The fourth-order valence-electron chi connectivity index (χ4n) is 7.80. The number of benzene rings is 5. The molecule has 78 heavy (non-hydrogen) atoms. The number of esters is 2. The Hall–Kier alpha value is -7.21. The predicted octanol–water partition coefficient (Wildman–Crippen LogP) is 10.9. The van der Waals surface area contributed by atoms with Gasteiger partial charge in [-0.25, -0.2) is 26.7 Å². The Morgan fingerprint density at radius 3 is 1.49 bits per heavy atom. The second-order valence-corrected chi connectivity index (χ2v) is 20.3. The van der Waals surface area contributed by atoms with Gasteiger partial charge in [0.1, 0.15) is 46.6 Å². The first kappa shape index (κ1) is 63.3. The maximum Gasteiger partial charge on any atom is 0.411 e. The van der Waals surface area contributed by atoms with Crippen molar-refractivity contribution in [1.82, 2.24) is 10.2 Å². The predicted molar refractivity (Wildman–Crippen MR) is 283 cm³/mol. The molecule has 4 fully saturated rings. The molecule has 4 saturated carbocycles. The molecule has 5 N–H and O–H groups in total. The standard InChI is InChI=1S/C16H20FNO4.C12H14FNO2.C10H9FO2.C9H10FN.C8H6FN.C3H5BrO2/c1-15(2,3)22-14(21)18(10-13(19)20)16(7-8-16)11-5-4-6-12(17)9-11;1-16-11(15)8-14-12(5-6-12)9-3-2-4-10(13)7-9;11-8-3-1-2-7(6-8)10(4-5-10)9(12)13;10-8-3-1-2-7(6-8)9(11)4-5-9;9-8-3-1-2-7(6-8)4-5-10;1-6-3(5)2-4/h4-6,9H,7-8,10H2,1-3H3,(H,19,20);2-4,7,14H,5-6,8H2,1H3;1-3,6H,4-5H2,(H,12,13);1-3,6H,4-5,11H2;1-3,6H,4H2;2H2,1H3. The molecule has 20 heteroatoms. The Balaban J connectivity index is 0.000000210. The molecule has 5 aromatic carbocycles. The number of ether oxygens (including phenoxy) is 3. The summed E-state index contributed by atoms with van der Waals surface area (Å²) in [5, 5.41) is 29.7. The molecule has 0 radical (unpaired) electrons. The molecule has 0 aromatic heterocycles. The van der Waals surface area contributed by atoms with Crippen LogP contribution >= 0.6 is 15.9 Å². The van der Waals surface area contributed by atoms with Gasteiger partial charge in [-0.2, -0.15) is 5.26 Å². The summed E-state index contributed by atoms with van der Waals surface area (Å²) in [5.41, 5.74) is 6.86. The Morgan fingerprint density at radius 1 is 0.654 bits per heavy atom. The summed E-state index contributed by atoms with van der Waals surface area (Å²) < 4.78 is 78.5. The van der Waals surface area contributed by atoms with Gasteiger partial charge in [-0.05, 0) is 161 Å². The van der Waals surface area contributed by atoms with Crippen molar-refractivity contribution in [2.24, 2.45) is 5.73 Å². The number of carbonyl (C=O) groups is 5. The molecule has 0 unspecified atom stereocenters. The van der Waals surface area contributed by atoms with Crippen molar-refractivity contribution in [2.45, 2.75) is 106 Å². The lowest BCUT2D eigenvalue weighted by Crippen LogP contribution is -2.46. The van der Waals surface area contributed by atoms with Gasteiger partial charge in [0.25, 0.3) is 0 Å². The second-order valence-electron chi connectivity index (χ2n) is 19.8. The first-order chi connectivity index (χ1) is 36.8. The number of hydrogen-bond donors (Lipinski definition) is 4. The van der Waals surface area contributed by atoms with Crippen LogP contribution in [0.4, 0.5) is 26.7 Å². The summed E-state index contributed by atoms with van der Waals surface area (Å²) in [7, 11) is 2.70. The molecule has 4 aliphatic carbocycles. The van der Waals surface area contributed by atoms with E-state index in [-0.39, 0.29) is 64.6 Å². The lowest BCUT2D eigenvalue weighted by atomic mass is 9.96. The van der Waals surface area contributed by atoms with Crippen molar-refractivity contribution in [2.75, 3.05) is 32.6 Å². The highest BCUT2D eigenvalue weighted by Crippen LogP contribution is 2.52. The zero-order valence-corrected chi connectivity index (χ0v) is 45.5. The lowest BCUT2D eigenvalue weighted by molar-refractivity contribution is -0.140. The minimum Gasteiger partial charge on any atom is -0.481 e. The third-order valence-electron chi connectivity index (χ3n) is 12.7. The minimum atomic E-state index is -1.13. The van der Waals surface area contributed by atoms with Crippen molar-refractivity contribution in [3.63, 3.8) is 0 Å². The van der Waals surface area contributed by atoms with Crippen LogP contribution in [0.1, 0.15) is 100.0 Å². The van der Waals surface area contributed by atoms with Crippen LogP contribution in [0.2, 0.25) is 0 Å². The maximum absolute atomic E-state index is 13.5. The highest BCUT2D eigenvalue weighted by molar-refractivity contribution is 9.09. The van der Waals surface area contributed by atoms with Gasteiger partial charge in [-0.3, -0.25) is 29.4 Å². The van der Waals surface area contributed by atoms with Crippen LogP contribution in [0, 0.1) is 40.4 Å². The number of carboxylic acids is 2. The fourth-order valence-corrected chi connectivity index (χ4v) is 8.03. The van der Waals surface area contributed by atoms with Crippen LogP contribution in [-0.2, 0) is 61.8 Å². The molecule has 0 heterocycles. The van der Waals surface area contributed by atoms with Gasteiger partial charge in [0.15, 0.2) is 0 Å². The zero-order valence-electron chi connectivity index (χ0n) is 43.9. The number of aliphatic carboxylic acids is 2. The monoisotopic (exact) mass is 1150 g/mol. The molecule has 9 rings (SSSR count). The summed E-state index contributed by atoms with van der Waals surface area (Å²) >= 11 is 2.90. The molecule has 418 valence electrons. The Morgan fingerprint density at radius 2 is 1.10 bits per heavy atom. The molecule has 0 spiro atoms. The number of nitrogens with zero attached hydrogens (tertiary/aromatic N) is 2. The van der Waals surface area contributed by atoms with E-state index in [2.05, 4.69) is 30.7 Å². The number of nitrogens with two attached hydrogens (primary N) is 1. The molecule has 1 amide bonds. The van der Waals surface area contributed by atoms with Crippen molar-refractivity contribution < 1.29 is 70.3 Å². The van der Waals surface area contributed by atoms with Gasteiger partial charge in [0.05, 0.1) is 44.2 Å². The second kappa shape index (κ2) is 28.4. The average Bonchev–Trinajstić information content (AvgIpc) is 4.18. The quantitative estimate of drug-likeness (QED) is 0.0374. The van der Waals surface area contributed by atoms with Crippen molar-refractivity contribution in [3.05, 3.63) is 178 Å². The molecule has 0 bridgehead atoms. The number of rotatable bonds is 13. The number of nitrogens with one attached hydrogen (secondary N) is 1. The first-order valence-corrected chi connectivity index (χ1v) is 25.8. The summed E-state index contributed by atoms with van der Waals surface area (Å²) in [6.07, 6.45) is 5.80. The van der Waals surface area contributed by atoms with E-state index in [0.29, 0.717) is 36.8 Å². The third-order valence-corrected chi connectivity index (χ3v) is 13.1. The number of nitriles is 1. The lowest BCUT2D eigenvalue weighted by Gasteiger charge is -2.33. The maximum atomic E-state index is 13.5. The van der Waals surface area contributed by atoms with Crippen LogP contribution < -0.4 is 11.1 Å². The van der Waals surface area contributed by atoms with Gasteiger partial charge in [-0.1, -0.05) is 76.6 Å². The van der Waals surface area contributed by atoms with Crippen LogP contribution in [0.3, 0.4) is 0 Å². The molecule has 5 aromatic rings. The zero-order chi connectivity index (χ0) is 57.9. The van der Waals surface area contributed by atoms with E-state index < -0.39 is 46.9 Å². The summed E-state index contributed by atoms with van der Waals surface area (Å²) in [4.78, 5) is 56.5. The van der Waals surface area contributed by atoms with E-state index in [0.717, 1.165) is 42.4 Å². The van der Waals surface area contributed by atoms with Crippen LogP contribution in [0.5, 0.6) is 0 Å². The number of alkyl halides is 1. The van der Waals surface area contributed by atoms with E-state index in [9.17, 15) is 45.9 Å². The number of halogens is 6. The molecule has 0 atom stereocenters. The van der Waals surface area contributed by atoms with E-state index in [1.165, 1.54) is 79.8 Å². The van der Waals surface area contributed by atoms with E-state index in [1.807, 2.05) is 18.2 Å². The molecule has 0 saturated heterocycles. The first-order valence-electron chi connectivity index (χ1n) is 24.6. The van der Waals surface area contributed by atoms with Crippen LogP contribution in [0.25, 0.3) is 0 Å². The van der Waals surface area contributed by atoms with Crippen molar-refractivity contribution in [1.29, 1.82) is 5.26 Å². The molecular formula is C58H64BrF5N4O10. The Bertz CT molecular complexity index is 2890. The van der Waals surface area contributed by atoms with Crippen molar-refractivity contribution in [3.8, 4) is 6.07 Å². The number of carboxylic acid groups (broad SMARTS) is 2. The summed E-state index contributed by atoms with van der Waals surface area (Å²) in [6.45, 7) is 4.82. The van der Waals surface area contributed by atoms with Gasteiger partial charge in [0, 0.05) is 11.1 Å². The normalized spacial score (nSPS) is 15.5. The number of methoxy groups -OCH3 is 2. The van der Waals surface area contributed by atoms with Gasteiger partial charge in [0.2, 0.25) is 0 Å². The molecule has 4 aliphatic rings.